The molecule has 0 amide bonds. The smallest absolute Gasteiger partial charge is 0.0608 e. The molecule has 3 heteroatoms. The molecule has 0 bridgehead atoms. The van der Waals surface area contributed by atoms with Crippen molar-refractivity contribution in [2.45, 2.75) is 13.0 Å². The molecule has 0 aliphatic carbocycles. The van der Waals surface area contributed by atoms with Crippen LogP contribution in [0.25, 0.3) is 0 Å². The van der Waals surface area contributed by atoms with Crippen LogP contribution in [0.2, 0.25) is 0 Å². The second-order valence-corrected chi connectivity index (χ2v) is 2.86. The van der Waals surface area contributed by atoms with Crippen molar-refractivity contribution in [3.05, 3.63) is 29.6 Å². The normalized spacial score (nSPS) is 13.0. The third-order valence-corrected chi connectivity index (χ3v) is 1.99. The maximum Gasteiger partial charge on any atom is 0.0608 e. The average molecular weight is 168 g/mol. The molecule has 2 N–H and O–H groups in total. The maximum atomic E-state index is 5.76. The largest absolute Gasteiger partial charge is 0.322 e. The van der Waals surface area contributed by atoms with Gasteiger partial charge < -0.3 is 5.73 Å². The molecule has 2 nitrogen and oxygen atoms in total. The Bertz CT molecular complexity index is 237. The van der Waals surface area contributed by atoms with Crippen molar-refractivity contribution >= 4 is 12.6 Å². The molecule has 0 radical (unpaired) electrons. The average Bonchev–Trinajstić information content (AvgIpc) is 2.04. The van der Waals surface area contributed by atoms with Crippen molar-refractivity contribution in [3.8, 4) is 0 Å². The van der Waals surface area contributed by atoms with E-state index >= 15 is 0 Å². The van der Waals surface area contributed by atoms with E-state index in [0.717, 1.165) is 11.3 Å². The zero-order chi connectivity index (χ0) is 8.27. The lowest BCUT2D eigenvalue weighted by Crippen LogP contribution is -2.14. The summed E-state index contributed by atoms with van der Waals surface area (Å²) < 4.78 is 0. The minimum absolute atomic E-state index is 0.0421. The first-order chi connectivity index (χ1) is 5.25. The molecule has 0 saturated carbocycles. The van der Waals surface area contributed by atoms with E-state index in [4.69, 9.17) is 5.73 Å². The Labute approximate surface area is 72.2 Å². The lowest BCUT2D eigenvalue weighted by atomic mass is 10.1. The van der Waals surface area contributed by atoms with Gasteiger partial charge in [0.05, 0.1) is 11.7 Å². The van der Waals surface area contributed by atoms with E-state index in [1.807, 2.05) is 19.1 Å². The molecule has 1 aromatic heterocycles. The molecule has 0 aromatic carbocycles. The van der Waals surface area contributed by atoms with Gasteiger partial charge in [0.25, 0.3) is 0 Å². The Morgan fingerprint density at radius 1 is 1.73 bits per heavy atom. The third-order valence-electron chi connectivity index (χ3n) is 1.60. The van der Waals surface area contributed by atoms with Gasteiger partial charge in [0.1, 0.15) is 0 Å². The first-order valence-corrected chi connectivity index (χ1v) is 4.17. The highest BCUT2D eigenvalue weighted by Gasteiger charge is 2.06. The molecule has 0 aliphatic rings. The molecule has 1 aromatic rings. The molecule has 0 aliphatic heterocycles. The van der Waals surface area contributed by atoms with Gasteiger partial charge in [0.15, 0.2) is 0 Å². The van der Waals surface area contributed by atoms with Crippen LogP contribution in [0.1, 0.15) is 17.3 Å². The van der Waals surface area contributed by atoms with Crippen LogP contribution in [0.5, 0.6) is 0 Å². The molecule has 1 unspecified atom stereocenters. The minimum Gasteiger partial charge on any atom is -0.322 e. The van der Waals surface area contributed by atoms with Gasteiger partial charge in [-0.15, -0.1) is 0 Å². The Morgan fingerprint density at radius 2 is 2.45 bits per heavy atom. The number of nitrogens with zero attached hydrogens (tertiary/aromatic N) is 1. The Kier molecular flexibility index (Phi) is 2.91. The van der Waals surface area contributed by atoms with Crippen molar-refractivity contribution in [3.63, 3.8) is 0 Å². The zero-order valence-corrected chi connectivity index (χ0v) is 7.38. The van der Waals surface area contributed by atoms with E-state index in [0.29, 0.717) is 5.75 Å². The number of hydrogen-bond donors (Lipinski definition) is 2. The van der Waals surface area contributed by atoms with Gasteiger partial charge >= 0.3 is 0 Å². The molecule has 0 fully saturated rings. The summed E-state index contributed by atoms with van der Waals surface area (Å²) in [5, 5.41) is 0. The van der Waals surface area contributed by atoms with E-state index in [2.05, 4.69) is 17.6 Å². The highest BCUT2D eigenvalue weighted by Crippen LogP contribution is 2.12. The predicted octanol–water partition coefficient (Wildman–Crippen LogP) is 1.32. The highest BCUT2D eigenvalue weighted by atomic mass is 32.1. The first-order valence-electron chi connectivity index (χ1n) is 3.53. The molecule has 1 atom stereocenters. The van der Waals surface area contributed by atoms with Crippen LogP contribution in [0, 0.1) is 6.92 Å². The summed E-state index contributed by atoms with van der Waals surface area (Å²) in [5.74, 6) is 0.637. The van der Waals surface area contributed by atoms with Crippen LogP contribution in [-0.4, -0.2) is 10.7 Å². The zero-order valence-electron chi connectivity index (χ0n) is 6.49. The topological polar surface area (TPSA) is 38.9 Å². The molecular formula is C8H12N2S. The molecular weight excluding hydrogens is 156 g/mol. The van der Waals surface area contributed by atoms with Crippen LogP contribution >= 0.6 is 12.6 Å². The fourth-order valence-corrected chi connectivity index (χ4v) is 1.15. The Hall–Kier alpha value is -0.540. The standard InChI is InChI=1S/C8H12N2S/c1-6-3-2-4-10-8(6)7(9)5-11/h2-4,7,11H,5,9H2,1H3. The lowest BCUT2D eigenvalue weighted by Gasteiger charge is -2.09. The number of thiol groups is 1. The van der Waals surface area contributed by atoms with Crippen LogP contribution in [0.4, 0.5) is 0 Å². The number of aryl methyl sites for hydroxylation is 1. The third kappa shape index (κ3) is 1.94. The SMILES string of the molecule is Cc1cccnc1C(N)CS. The summed E-state index contributed by atoms with van der Waals surface area (Å²) in [5.41, 5.74) is 7.84. The van der Waals surface area contributed by atoms with E-state index in [-0.39, 0.29) is 6.04 Å². The molecule has 1 rings (SSSR count). The van der Waals surface area contributed by atoms with Crippen molar-refractivity contribution in [2.75, 3.05) is 5.75 Å². The number of aromatic nitrogens is 1. The fourth-order valence-electron chi connectivity index (χ4n) is 0.973. The number of hydrogen-bond acceptors (Lipinski definition) is 3. The van der Waals surface area contributed by atoms with Gasteiger partial charge in [0, 0.05) is 11.9 Å². The van der Waals surface area contributed by atoms with E-state index in [9.17, 15) is 0 Å². The summed E-state index contributed by atoms with van der Waals surface area (Å²) in [6.07, 6.45) is 1.76. The van der Waals surface area contributed by atoms with Crippen molar-refractivity contribution in [2.24, 2.45) is 5.73 Å². The van der Waals surface area contributed by atoms with E-state index < -0.39 is 0 Å². The van der Waals surface area contributed by atoms with Crippen LogP contribution in [0.15, 0.2) is 18.3 Å². The van der Waals surface area contributed by atoms with Crippen molar-refractivity contribution in [1.82, 2.24) is 4.98 Å². The Morgan fingerprint density at radius 3 is 3.00 bits per heavy atom. The quantitative estimate of drug-likeness (QED) is 0.654. The first kappa shape index (κ1) is 8.56. The monoisotopic (exact) mass is 168 g/mol. The maximum absolute atomic E-state index is 5.76. The second-order valence-electron chi connectivity index (χ2n) is 2.49. The van der Waals surface area contributed by atoms with Gasteiger partial charge in [-0.2, -0.15) is 12.6 Å². The van der Waals surface area contributed by atoms with Crippen molar-refractivity contribution in [1.29, 1.82) is 0 Å². The van der Waals surface area contributed by atoms with Gasteiger partial charge in [0.2, 0.25) is 0 Å². The summed E-state index contributed by atoms with van der Waals surface area (Å²) in [4.78, 5) is 4.18. The van der Waals surface area contributed by atoms with Crippen LogP contribution in [-0.2, 0) is 0 Å². The fraction of sp³-hybridized carbons (Fsp3) is 0.375. The summed E-state index contributed by atoms with van der Waals surface area (Å²) in [7, 11) is 0. The summed E-state index contributed by atoms with van der Waals surface area (Å²) >= 11 is 4.11. The molecule has 11 heavy (non-hydrogen) atoms. The van der Waals surface area contributed by atoms with Gasteiger partial charge in [-0.1, -0.05) is 6.07 Å². The summed E-state index contributed by atoms with van der Waals surface area (Å²) in [6.45, 7) is 2.01. The van der Waals surface area contributed by atoms with Crippen LogP contribution in [0.3, 0.4) is 0 Å². The second kappa shape index (κ2) is 3.74. The number of pyridine rings is 1. The lowest BCUT2D eigenvalue weighted by molar-refractivity contribution is 0.785. The predicted molar refractivity (Wildman–Crippen MR) is 49.8 cm³/mol. The van der Waals surface area contributed by atoms with Gasteiger partial charge in [-0.05, 0) is 18.6 Å². The molecule has 0 saturated heterocycles. The molecule has 60 valence electrons. The van der Waals surface area contributed by atoms with Gasteiger partial charge in [-0.25, -0.2) is 0 Å². The number of nitrogens with two attached hydrogens (primary N) is 1. The van der Waals surface area contributed by atoms with Gasteiger partial charge in [-0.3, -0.25) is 4.98 Å². The minimum atomic E-state index is -0.0421. The van der Waals surface area contributed by atoms with E-state index in [1.54, 1.807) is 6.20 Å². The molecule has 0 spiro atoms. The van der Waals surface area contributed by atoms with Crippen molar-refractivity contribution < 1.29 is 0 Å². The Balaban J connectivity index is 2.93. The molecule has 1 heterocycles. The summed E-state index contributed by atoms with van der Waals surface area (Å²) in [6, 6.07) is 3.87. The van der Waals surface area contributed by atoms with Crippen LogP contribution < -0.4 is 5.73 Å². The highest BCUT2D eigenvalue weighted by molar-refractivity contribution is 7.80. The number of rotatable bonds is 2. The van der Waals surface area contributed by atoms with E-state index in [1.165, 1.54) is 0 Å².